The first-order chi connectivity index (χ1) is 11.0. The average molecular weight is 343 g/mol. The summed E-state index contributed by atoms with van der Waals surface area (Å²) in [5.74, 6) is -0.210. The molecule has 0 saturated carbocycles. The summed E-state index contributed by atoms with van der Waals surface area (Å²) < 4.78 is 1.07. The number of halogens is 1. The summed E-state index contributed by atoms with van der Waals surface area (Å²) in [6.07, 6.45) is 3.21. The van der Waals surface area contributed by atoms with Crippen molar-refractivity contribution in [3.8, 4) is 0 Å². The fraction of sp³-hybridized carbons (Fsp3) is 0.111. The maximum Gasteiger partial charge on any atom is 0.250 e. The first-order valence-corrected chi connectivity index (χ1v) is 8.34. The van der Waals surface area contributed by atoms with E-state index in [1.54, 1.807) is 18.2 Å². The van der Waals surface area contributed by atoms with Gasteiger partial charge < -0.3 is 0 Å². The molecule has 1 aromatic heterocycles. The number of rotatable bonds is 3. The second-order valence-corrected chi connectivity index (χ2v) is 6.72. The molecule has 2 aromatic carbocycles. The molecule has 0 aliphatic carbocycles. The van der Waals surface area contributed by atoms with Crippen molar-refractivity contribution >= 4 is 50.3 Å². The highest BCUT2D eigenvalue weighted by Crippen LogP contribution is 2.29. The van der Waals surface area contributed by atoms with Gasteiger partial charge in [0.2, 0.25) is 5.91 Å². The number of benzene rings is 2. The number of nitrogens with zero attached hydrogens (tertiary/aromatic N) is 1. The van der Waals surface area contributed by atoms with Gasteiger partial charge in [0.1, 0.15) is 0 Å². The van der Waals surface area contributed by atoms with E-state index in [0.717, 1.165) is 21.3 Å². The normalized spacial score (nSPS) is 11.3. The monoisotopic (exact) mass is 342 g/mol. The second-order valence-electron chi connectivity index (χ2n) is 5.25. The summed E-state index contributed by atoms with van der Waals surface area (Å²) in [5.41, 5.74) is 4.17. The highest BCUT2D eigenvalue weighted by atomic mass is 35.5. The van der Waals surface area contributed by atoms with Crippen LogP contribution in [0.1, 0.15) is 16.7 Å². The van der Waals surface area contributed by atoms with E-state index in [-0.39, 0.29) is 5.91 Å². The van der Waals surface area contributed by atoms with Crippen molar-refractivity contribution in [2.24, 2.45) is 0 Å². The van der Waals surface area contributed by atoms with E-state index < -0.39 is 0 Å². The largest absolute Gasteiger partial charge is 0.298 e. The Labute approximate surface area is 143 Å². The van der Waals surface area contributed by atoms with Crippen molar-refractivity contribution in [1.29, 1.82) is 0 Å². The van der Waals surface area contributed by atoms with Crippen LogP contribution in [0.15, 0.2) is 42.5 Å². The Morgan fingerprint density at radius 2 is 2.09 bits per heavy atom. The van der Waals surface area contributed by atoms with Crippen molar-refractivity contribution in [3.05, 3.63) is 64.2 Å². The Bertz CT molecular complexity index is 915. The number of aromatic nitrogens is 1. The lowest BCUT2D eigenvalue weighted by Crippen LogP contribution is -2.07. The third kappa shape index (κ3) is 3.60. The van der Waals surface area contributed by atoms with Crippen LogP contribution < -0.4 is 5.32 Å². The van der Waals surface area contributed by atoms with Crippen LogP contribution in [0.4, 0.5) is 5.13 Å². The highest BCUT2D eigenvalue weighted by Gasteiger charge is 2.09. The molecule has 0 unspecified atom stereocenters. The van der Waals surface area contributed by atoms with Gasteiger partial charge in [-0.2, -0.15) is 0 Å². The fourth-order valence-electron chi connectivity index (χ4n) is 2.21. The first kappa shape index (κ1) is 15.7. The van der Waals surface area contributed by atoms with Gasteiger partial charge >= 0.3 is 0 Å². The number of amides is 1. The molecule has 0 saturated heterocycles. The Hall–Kier alpha value is -2.17. The predicted molar refractivity (Wildman–Crippen MR) is 98.2 cm³/mol. The molecule has 3 rings (SSSR count). The number of hydrogen-bond acceptors (Lipinski definition) is 3. The molecule has 1 heterocycles. The van der Waals surface area contributed by atoms with Gasteiger partial charge in [0.05, 0.1) is 10.2 Å². The van der Waals surface area contributed by atoms with E-state index in [0.29, 0.717) is 10.2 Å². The van der Waals surface area contributed by atoms with E-state index in [2.05, 4.69) is 23.3 Å². The molecule has 1 amide bonds. The molecule has 0 aliphatic heterocycles. The van der Waals surface area contributed by atoms with Gasteiger partial charge in [0.25, 0.3) is 0 Å². The van der Waals surface area contributed by atoms with Gasteiger partial charge in [0.15, 0.2) is 5.13 Å². The van der Waals surface area contributed by atoms with Crippen LogP contribution in [0.3, 0.4) is 0 Å². The molecule has 3 aromatic rings. The summed E-state index contributed by atoms with van der Waals surface area (Å²) in [7, 11) is 0. The number of carbonyl (C=O) groups excluding carboxylic acids is 1. The highest BCUT2D eigenvalue weighted by molar-refractivity contribution is 7.22. The van der Waals surface area contributed by atoms with Crippen molar-refractivity contribution < 1.29 is 4.79 Å². The first-order valence-electron chi connectivity index (χ1n) is 7.14. The van der Waals surface area contributed by atoms with Crippen LogP contribution in [-0.2, 0) is 4.79 Å². The number of anilines is 1. The summed E-state index contributed by atoms with van der Waals surface area (Å²) in [6, 6.07) is 11.4. The second kappa shape index (κ2) is 6.52. The van der Waals surface area contributed by atoms with Crippen molar-refractivity contribution in [2.45, 2.75) is 13.8 Å². The quantitative estimate of drug-likeness (QED) is 0.663. The van der Waals surface area contributed by atoms with Gasteiger partial charge in [-0.15, -0.1) is 0 Å². The molecule has 5 heteroatoms. The zero-order chi connectivity index (χ0) is 16.4. The van der Waals surface area contributed by atoms with Crippen LogP contribution in [0.5, 0.6) is 0 Å². The maximum atomic E-state index is 12.0. The van der Waals surface area contributed by atoms with E-state index in [4.69, 9.17) is 11.6 Å². The minimum absolute atomic E-state index is 0.210. The van der Waals surface area contributed by atoms with Gasteiger partial charge in [-0.3, -0.25) is 10.1 Å². The molecule has 23 heavy (non-hydrogen) atoms. The van der Waals surface area contributed by atoms with Crippen molar-refractivity contribution in [3.63, 3.8) is 0 Å². The van der Waals surface area contributed by atoms with Gasteiger partial charge in [-0.25, -0.2) is 4.98 Å². The van der Waals surface area contributed by atoms with Crippen LogP contribution in [0, 0.1) is 13.8 Å². The lowest BCUT2D eigenvalue weighted by molar-refractivity contribution is -0.111. The smallest absolute Gasteiger partial charge is 0.250 e. The Morgan fingerprint density at radius 1 is 1.26 bits per heavy atom. The van der Waals surface area contributed by atoms with E-state index >= 15 is 0 Å². The molecule has 116 valence electrons. The summed E-state index contributed by atoms with van der Waals surface area (Å²) in [4.78, 5) is 16.5. The number of aryl methyl sites for hydroxylation is 2. The van der Waals surface area contributed by atoms with Crippen LogP contribution in [0.2, 0.25) is 5.02 Å². The van der Waals surface area contributed by atoms with E-state index in [1.165, 1.54) is 23.0 Å². The molecule has 0 radical (unpaired) electrons. The fourth-order valence-corrected chi connectivity index (χ4v) is 3.34. The number of fused-ring (bicyclic) bond motifs is 1. The Kier molecular flexibility index (Phi) is 4.46. The number of nitrogens with one attached hydrogen (secondary N) is 1. The minimum Gasteiger partial charge on any atom is -0.298 e. The van der Waals surface area contributed by atoms with Crippen LogP contribution in [-0.4, -0.2) is 10.9 Å². The molecule has 0 fully saturated rings. The predicted octanol–water partition coefficient (Wildman–Crippen LogP) is 5.22. The molecule has 3 nitrogen and oxygen atoms in total. The van der Waals surface area contributed by atoms with Gasteiger partial charge in [-0.1, -0.05) is 41.1 Å². The third-order valence-corrected chi connectivity index (χ3v) is 4.76. The zero-order valence-electron chi connectivity index (χ0n) is 12.8. The number of hydrogen-bond donors (Lipinski definition) is 1. The van der Waals surface area contributed by atoms with Crippen LogP contribution >= 0.6 is 22.9 Å². The standard InChI is InChI=1S/C18H15ClN2OS/c1-11-6-8-15-17(12(11)2)21-18(23-15)20-16(22)9-7-13-4-3-5-14(19)10-13/h3-10H,1-2H3,(H,20,21,22)/b9-7+. The number of carbonyl (C=O) groups is 1. The lowest BCUT2D eigenvalue weighted by atomic mass is 10.1. The SMILES string of the molecule is Cc1ccc2sc(NC(=O)/C=C/c3cccc(Cl)c3)nc2c1C. The molecule has 0 bridgehead atoms. The van der Waals surface area contributed by atoms with Gasteiger partial charge in [-0.05, 0) is 54.8 Å². The molecule has 0 aliphatic rings. The number of thiazole rings is 1. The lowest BCUT2D eigenvalue weighted by Gasteiger charge is -1.98. The van der Waals surface area contributed by atoms with Gasteiger partial charge in [0, 0.05) is 11.1 Å². The molecular weight excluding hydrogens is 328 g/mol. The van der Waals surface area contributed by atoms with Crippen molar-refractivity contribution in [1.82, 2.24) is 4.98 Å². The topological polar surface area (TPSA) is 42.0 Å². The minimum atomic E-state index is -0.210. The molecule has 1 N–H and O–H groups in total. The average Bonchev–Trinajstić information content (AvgIpc) is 2.92. The molecule has 0 atom stereocenters. The van der Waals surface area contributed by atoms with E-state index in [1.807, 2.05) is 25.1 Å². The van der Waals surface area contributed by atoms with Crippen molar-refractivity contribution in [2.75, 3.05) is 5.32 Å². The maximum absolute atomic E-state index is 12.0. The summed E-state index contributed by atoms with van der Waals surface area (Å²) in [5, 5.41) is 4.06. The third-order valence-electron chi connectivity index (χ3n) is 3.59. The van der Waals surface area contributed by atoms with Crippen LogP contribution in [0.25, 0.3) is 16.3 Å². The summed E-state index contributed by atoms with van der Waals surface area (Å²) >= 11 is 7.39. The Morgan fingerprint density at radius 3 is 2.87 bits per heavy atom. The zero-order valence-corrected chi connectivity index (χ0v) is 14.3. The molecular formula is C18H15ClN2OS. The Balaban J connectivity index is 1.76. The molecule has 0 spiro atoms. The van der Waals surface area contributed by atoms with E-state index in [9.17, 15) is 4.79 Å². The summed E-state index contributed by atoms with van der Waals surface area (Å²) in [6.45, 7) is 4.10.